The molecule has 0 atom stereocenters. The Kier molecular flexibility index (Phi) is 4.59. The molecule has 4 heteroatoms. The van der Waals surface area contributed by atoms with Crippen LogP contribution in [0.3, 0.4) is 0 Å². The fraction of sp³-hybridized carbons (Fsp3) is 0.231. The molecule has 3 N–H and O–H groups in total. The summed E-state index contributed by atoms with van der Waals surface area (Å²) in [5, 5.41) is 5.54. The van der Waals surface area contributed by atoms with Crippen molar-refractivity contribution in [1.29, 1.82) is 0 Å². The van der Waals surface area contributed by atoms with Crippen LogP contribution in [-0.4, -0.2) is 6.54 Å². The summed E-state index contributed by atoms with van der Waals surface area (Å²) in [6, 6.07) is 10.2. The molecular formula is C13H15BrN2S. The molecule has 0 radical (unpaired) electrons. The number of nitrogens with two attached hydrogens (primary N) is 1. The van der Waals surface area contributed by atoms with Gasteiger partial charge in [0, 0.05) is 27.0 Å². The third-order valence-electron chi connectivity index (χ3n) is 2.46. The Morgan fingerprint density at radius 3 is 2.88 bits per heavy atom. The SMILES string of the molecule is Nc1cccc(CCNCc2cc(Br)cs2)c1. The van der Waals surface area contributed by atoms with Crippen LogP contribution in [0.4, 0.5) is 5.69 Å². The highest BCUT2D eigenvalue weighted by atomic mass is 79.9. The summed E-state index contributed by atoms with van der Waals surface area (Å²) in [6.45, 7) is 1.90. The zero-order valence-electron chi connectivity index (χ0n) is 9.45. The Hall–Kier alpha value is -0.840. The molecule has 2 rings (SSSR count). The largest absolute Gasteiger partial charge is 0.399 e. The topological polar surface area (TPSA) is 38.0 Å². The lowest BCUT2D eigenvalue weighted by atomic mass is 10.1. The number of rotatable bonds is 5. The molecule has 1 aromatic carbocycles. The van der Waals surface area contributed by atoms with E-state index in [1.165, 1.54) is 10.4 Å². The normalized spacial score (nSPS) is 10.6. The number of benzene rings is 1. The van der Waals surface area contributed by atoms with E-state index in [0.29, 0.717) is 0 Å². The van der Waals surface area contributed by atoms with E-state index in [4.69, 9.17) is 5.73 Å². The van der Waals surface area contributed by atoms with Gasteiger partial charge in [0.1, 0.15) is 0 Å². The van der Waals surface area contributed by atoms with E-state index in [0.717, 1.165) is 29.7 Å². The average Bonchev–Trinajstić information content (AvgIpc) is 2.71. The van der Waals surface area contributed by atoms with E-state index >= 15 is 0 Å². The summed E-state index contributed by atoms with van der Waals surface area (Å²) in [5.74, 6) is 0. The van der Waals surface area contributed by atoms with Crippen LogP contribution in [0.15, 0.2) is 40.2 Å². The monoisotopic (exact) mass is 310 g/mol. The van der Waals surface area contributed by atoms with Crippen molar-refractivity contribution in [2.45, 2.75) is 13.0 Å². The predicted molar refractivity (Wildman–Crippen MR) is 78.3 cm³/mol. The molecule has 1 aromatic heterocycles. The lowest BCUT2D eigenvalue weighted by Crippen LogP contribution is -2.15. The zero-order chi connectivity index (χ0) is 12.1. The Labute approximate surface area is 114 Å². The number of nitrogens with one attached hydrogen (secondary N) is 1. The number of nitrogen functional groups attached to an aromatic ring is 1. The van der Waals surface area contributed by atoms with E-state index in [-0.39, 0.29) is 0 Å². The van der Waals surface area contributed by atoms with Gasteiger partial charge in [-0.15, -0.1) is 11.3 Å². The van der Waals surface area contributed by atoms with E-state index < -0.39 is 0 Å². The predicted octanol–water partition coefficient (Wildman–Crippen LogP) is 3.43. The summed E-state index contributed by atoms with van der Waals surface area (Å²) in [7, 11) is 0. The molecule has 0 saturated heterocycles. The Morgan fingerprint density at radius 2 is 2.18 bits per heavy atom. The second-order valence-corrected chi connectivity index (χ2v) is 5.81. The van der Waals surface area contributed by atoms with Gasteiger partial charge in [0.2, 0.25) is 0 Å². The zero-order valence-corrected chi connectivity index (χ0v) is 11.9. The first-order chi connectivity index (χ1) is 8.24. The van der Waals surface area contributed by atoms with Crippen molar-refractivity contribution in [3.63, 3.8) is 0 Å². The van der Waals surface area contributed by atoms with Gasteiger partial charge in [0.25, 0.3) is 0 Å². The molecule has 90 valence electrons. The maximum atomic E-state index is 5.73. The minimum absolute atomic E-state index is 0.838. The van der Waals surface area contributed by atoms with E-state index in [9.17, 15) is 0 Å². The molecule has 0 aliphatic carbocycles. The fourth-order valence-electron chi connectivity index (χ4n) is 1.64. The summed E-state index contributed by atoms with van der Waals surface area (Å²) >= 11 is 5.22. The quantitative estimate of drug-likeness (QED) is 0.656. The Bertz CT molecular complexity index is 482. The van der Waals surface area contributed by atoms with Crippen LogP contribution in [0.1, 0.15) is 10.4 Å². The lowest BCUT2D eigenvalue weighted by Gasteiger charge is -2.04. The van der Waals surface area contributed by atoms with Gasteiger partial charge in [0.15, 0.2) is 0 Å². The number of thiophene rings is 1. The Morgan fingerprint density at radius 1 is 1.29 bits per heavy atom. The molecule has 0 spiro atoms. The molecule has 0 saturated carbocycles. The second kappa shape index (κ2) is 6.19. The minimum Gasteiger partial charge on any atom is -0.399 e. The molecule has 2 nitrogen and oxygen atoms in total. The van der Waals surface area contributed by atoms with Gasteiger partial charge >= 0.3 is 0 Å². The van der Waals surface area contributed by atoms with Crippen molar-refractivity contribution in [2.24, 2.45) is 0 Å². The molecule has 17 heavy (non-hydrogen) atoms. The van der Waals surface area contributed by atoms with Crippen LogP contribution >= 0.6 is 27.3 Å². The van der Waals surface area contributed by atoms with Gasteiger partial charge in [-0.25, -0.2) is 0 Å². The van der Waals surface area contributed by atoms with Crippen LogP contribution in [0.25, 0.3) is 0 Å². The summed E-state index contributed by atoms with van der Waals surface area (Å²) in [4.78, 5) is 1.35. The first-order valence-corrected chi connectivity index (χ1v) is 7.19. The van der Waals surface area contributed by atoms with Crippen molar-refractivity contribution >= 4 is 33.0 Å². The molecule has 1 heterocycles. The Balaban J connectivity index is 1.73. The summed E-state index contributed by atoms with van der Waals surface area (Å²) < 4.78 is 1.16. The fourth-order valence-corrected chi connectivity index (χ4v) is 3.06. The van der Waals surface area contributed by atoms with Gasteiger partial charge < -0.3 is 11.1 Å². The molecule has 0 aliphatic heterocycles. The molecule has 0 aliphatic rings. The number of hydrogen-bond donors (Lipinski definition) is 2. The van der Waals surface area contributed by atoms with Crippen LogP contribution in [0.5, 0.6) is 0 Å². The van der Waals surface area contributed by atoms with E-state index in [2.05, 4.69) is 38.8 Å². The van der Waals surface area contributed by atoms with Crippen LogP contribution in [-0.2, 0) is 13.0 Å². The molecule has 0 amide bonds. The third kappa shape index (κ3) is 4.15. The highest BCUT2D eigenvalue weighted by Gasteiger charge is 1.97. The molecule has 2 aromatic rings. The average molecular weight is 311 g/mol. The number of halogens is 1. The van der Waals surface area contributed by atoms with Crippen LogP contribution in [0.2, 0.25) is 0 Å². The molecular weight excluding hydrogens is 296 g/mol. The molecule has 0 fully saturated rings. The summed E-state index contributed by atoms with van der Waals surface area (Å²) in [6.07, 6.45) is 1.01. The van der Waals surface area contributed by atoms with Crippen molar-refractivity contribution in [3.8, 4) is 0 Å². The van der Waals surface area contributed by atoms with Crippen LogP contribution in [0, 0.1) is 0 Å². The minimum atomic E-state index is 0.838. The van der Waals surface area contributed by atoms with Gasteiger partial charge in [-0.1, -0.05) is 12.1 Å². The van der Waals surface area contributed by atoms with E-state index in [1.807, 2.05) is 18.2 Å². The summed E-state index contributed by atoms with van der Waals surface area (Å²) in [5.41, 5.74) is 7.85. The highest BCUT2D eigenvalue weighted by Crippen LogP contribution is 2.19. The maximum Gasteiger partial charge on any atom is 0.0316 e. The second-order valence-electron chi connectivity index (χ2n) is 3.90. The van der Waals surface area contributed by atoms with Gasteiger partial charge in [-0.3, -0.25) is 0 Å². The van der Waals surface area contributed by atoms with Crippen molar-refractivity contribution in [1.82, 2.24) is 5.32 Å². The third-order valence-corrected chi connectivity index (χ3v) is 4.16. The van der Waals surface area contributed by atoms with Gasteiger partial charge in [-0.2, -0.15) is 0 Å². The van der Waals surface area contributed by atoms with Crippen LogP contribution < -0.4 is 11.1 Å². The number of hydrogen-bond acceptors (Lipinski definition) is 3. The number of anilines is 1. The maximum absolute atomic E-state index is 5.73. The molecule has 0 bridgehead atoms. The highest BCUT2D eigenvalue weighted by molar-refractivity contribution is 9.10. The van der Waals surface area contributed by atoms with Gasteiger partial charge in [-0.05, 0) is 52.7 Å². The lowest BCUT2D eigenvalue weighted by molar-refractivity contribution is 0.693. The van der Waals surface area contributed by atoms with Crippen molar-refractivity contribution < 1.29 is 0 Å². The van der Waals surface area contributed by atoms with Crippen molar-refractivity contribution in [3.05, 3.63) is 50.6 Å². The smallest absolute Gasteiger partial charge is 0.0316 e. The standard InChI is InChI=1S/C13H15BrN2S/c14-11-7-13(17-9-11)8-16-5-4-10-2-1-3-12(15)6-10/h1-3,6-7,9,16H,4-5,8,15H2. The van der Waals surface area contributed by atoms with E-state index in [1.54, 1.807) is 11.3 Å². The van der Waals surface area contributed by atoms with Crippen molar-refractivity contribution in [2.75, 3.05) is 12.3 Å². The first kappa shape index (κ1) is 12.6. The van der Waals surface area contributed by atoms with Gasteiger partial charge in [0.05, 0.1) is 0 Å². The molecule has 0 unspecified atom stereocenters. The first-order valence-electron chi connectivity index (χ1n) is 5.52.